The van der Waals surface area contributed by atoms with Crippen molar-refractivity contribution in [1.29, 1.82) is 0 Å². The van der Waals surface area contributed by atoms with Crippen molar-refractivity contribution >= 4 is 39.6 Å². The molecule has 4 bridgehead atoms. The molecule has 340 valence electrons. The third-order valence-electron chi connectivity index (χ3n) is 14.8. The minimum absolute atomic E-state index is 0.0176. The van der Waals surface area contributed by atoms with Gasteiger partial charge in [-0.2, -0.15) is 0 Å². The van der Waals surface area contributed by atoms with Gasteiger partial charge in [-0.1, -0.05) is 109 Å². The van der Waals surface area contributed by atoms with Crippen molar-refractivity contribution in [2.75, 3.05) is 12.3 Å². The van der Waals surface area contributed by atoms with Gasteiger partial charge < -0.3 is 26.3 Å². The van der Waals surface area contributed by atoms with E-state index in [4.69, 9.17) is 33.2 Å². The molecule has 1 amide bonds. The first-order valence-corrected chi connectivity index (χ1v) is 24.6. The van der Waals surface area contributed by atoms with Gasteiger partial charge in [-0.25, -0.2) is 0 Å². The molecule has 10 nitrogen and oxygen atoms in total. The first-order chi connectivity index (χ1) is 32.7. The third-order valence-corrected chi connectivity index (χ3v) is 15.8. The van der Waals surface area contributed by atoms with Gasteiger partial charge in [-0.15, -0.1) is 10.2 Å². The molecule has 4 aromatic carbocycles. The Morgan fingerprint density at radius 1 is 0.642 bits per heavy atom. The number of carbonyl (C=O) groups excluding carboxylic acids is 1. The maximum Gasteiger partial charge on any atom is 0.251 e. The van der Waals surface area contributed by atoms with E-state index in [1.807, 2.05) is 48.5 Å². The van der Waals surface area contributed by atoms with Gasteiger partial charge in [-0.3, -0.25) is 14.8 Å². The van der Waals surface area contributed by atoms with Crippen LogP contribution in [0.4, 0.5) is 5.13 Å². The van der Waals surface area contributed by atoms with Gasteiger partial charge in [0.2, 0.25) is 5.13 Å². The fourth-order valence-electron chi connectivity index (χ4n) is 11.8. The molecule has 4 fully saturated rings. The Hall–Kier alpha value is -6.50. The molecule has 4 aliphatic rings. The molecule has 3 aromatic heterocycles. The molecule has 3 heterocycles. The number of carbonyl (C=O) groups is 1. The number of rotatable bonds is 14. The number of fused-ring (bicyclic) bond motifs is 4. The number of nitrogens with one attached hydrogen (secondary N) is 1. The number of nitrogens with two attached hydrogens (primary N) is 2. The number of nitrogen functional groups attached to an aromatic ring is 1. The van der Waals surface area contributed by atoms with E-state index in [-0.39, 0.29) is 28.3 Å². The van der Waals surface area contributed by atoms with Crippen LogP contribution in [0.1, 0.15) is 95.4 Å². The Kier molecular flexibility index (Phi) is 12.8. The SMILES string of the molecule is NC(=S)CNC(=O)c1ccc([C@]2(c3ccc(OCc4ccccn4)cc3)CC3CC[C@@H]2C3)cc1.Nc1nnc(-c2ccc([C@]3(c4ccc(OCc5ccccn5)cc4)CC4CC[C@@H]3C4)cc2)s1. The molecule has 2 unspecified atom stereocenters. The average Bonchev–Trinajstić information content (AvgIpc) is 4.25. The highest BCUT2D eigenvalue weighted by Gasteiger charge is 2.54. The zero-order valence-corrected chi connectivity index (χ0v) is 39.1. The van der Waals surface area contributed by atoms with Gasteiger partial charge in [-0.05, 0) is 145 Å². The van der Waals surface area contributed by atoms with Crippen molar-refractivity contribution in [3.05, 3.63) is 185 Å². The van der Waals surface area contributed by atoms with Crippen LogP contribution in [0.5, 0.6) is 11.5 Å². The van der Waals surface area contributed by atoms with Crippen molar-refractivity contribution in [3.63, 3.8) is 0 Å². The number of ether oxygens (including phenoxy) is 2. The van der Waals surface area contributed by atoms with Gasteiger partial charge in [0.25, 0.3) is 5.91 Å². The molecule has 0 aliphatic heterocycles. The Bertz CT molecular complexity index is 2790. The number of hydrogen-bond donors (Lipinski definition) is 3. The van der Waals surface area contributed by atoms with E-state index in [0.717, 1.165) is 51.7 Å². The topological polar surface area (TPSA) is 151 Å². The van der Waals surface area contributed by atoms with Crippen LogP contribution < -0.4 is 26.3 Å². The van der Waals surface area contributed by atoms with Crippen LogP contribution in [-0.4, -0.2) is 37.6 Å². The van der Waals surface area contributed by atoms with Gasteiger partial charge in [0, 0.05) is 34.4 Å². The summed E-state index contributed by atoms with van der Waals surface area (Å²) in [6, 6.07) is 46.1. The number of aromatic nitrogens is 4. The lowest BCUT2D eigenvalue weighted by atomic mass is 9.64. The Labute approximate surface area is 401 Å². The van der Waals surface area contributed by atoms with Crippen LogP contribution in [0.3, 0.4) is 0 Å². The molecule has 0 spiro atoms. The van der Waals surface area contributed by atoms with Gasteiger partial charge in [0.05, 0.1) is 22.9 Å². The van der Waals surface area contributed by atoms with Crippen LogP contribution >= 0.6 is 23.6 Å². The highest BCUT2D eigenvalue weighted by atomic mass is 32.1. The quantitative estimate of drug-likeness (QED) is 0.0899. The van der Waals surface area contributed by atoms with E-state index in [0.29, 0.717) is 35.7 Å². The number of nitrogens with zero attached hydrogens (tertiary/aromatic N) is 4. The molecule has 67 heavy (non-hydrogen) atoms. The van der Waals surface area contributed by atoms with E-state index >= 15 is 0 Å². The summed E-state index contributed by atoms with van der Waals surface area (Å²) in [7, 11) is 0. The van der Waals surface area contributed by atoms with E-state index < -0.39 is 0 Å². The molecular formula is C55H55N7O3S2. The van der Waals surface area contributed by atoms with Crippen molar-refractivity contribution < 1.29 is 14.3 Å². The second kappa shape index (κ2) is 19.4. The fourth-order valence-corrected chi connectivity index (χ4v) is 12.5. The molecular weight excluding hydrogens is 871 g/mol. The lowest BCUT2D eigenvalue weighted by Crippen LogP contribution is -2.34. The summed E-state index contributed by atoms with van der Waals surface area (Å²) in [5.41, 5.74) is 20.3. The molecule has 6 atom stereocenters. The minimum atomic E-state index is -0.157. The monoisotopic (exact) mass is 925 g/mol. The zero-order chi connectivity index (χ0) is 45.8. The largest absolute Gasteiger partial charge is 0.487 e. The van der Waals surface area contributed by atoms with Crippen LogP contribution in [0.25, 0.3) is 10.6 Å². The zero-order valence-electron chi connectivity index (χ0n) is 37.4. The standard InChI is InChI=1S/C28H29N3O2S.C27H26N4OS/c29-26(34)17-31-27(32)20-5-8-21(9-6-20)28(16-19-4-7-23(28)15-19)22-10-12-25(13-11-22)33-18-24-3-1-2-14-30-24;28-26-31-30-25(33-26)19-5-8-20(9-6-19)27(16-18-4-7-22(27)15-18)21-10-12-24(13-11-21)32-17-23-3-1-2-14-29-23/h1-3,5-6,8-14,19,23H,4,7,15-18H2,(H2,29,34)(H,31,32);1-3,5-6,8-14,18,22H,4,7,15-17H2,(H2,28,31)/t19?,23-,28+;18?,22-,27+/m11/s1. The molecule has 4 aliphatic carbocycles. The first kappa shape index (κ1) is 44.3. The predicted octanol–water partition coefficient (Wildman–Crippen LogP) is 10.6. The van der Waals surface area contributed by atoms with Crippen LogP contribution in [0, 0.1) is 23.7 Å². The Morgan fingerprint density at radius 3 is 1.51 bits per heavy atom. The maximum absolute atomic E-state index is 12.4. The minimum Gasteiger partial charge on any atom is -0.487 e. The predicted molar refractivity (Wildman–Crippen MR) is 268 cm³/mol. The summed E-state index contributed by atoms with van der Waals surface area (Å²) < 4.78 is 12.0. The number of benzene rings is 4. The molecule has 4 saturated carbocycles. The molecule has 7 aromatic rings. The number of pyridine rings is 2. The van der Waals surface area contributed by atoms with E-state index in [1.165, 1.54) is 78.5 Å². The smallest absolute Gasteiger partial charge is 0.251 e. The second-order valence-corrected chi connectivity index (χ2v) is 20.2. The molecule has 12 heteroatoms. The summed E-state index contributed by atoms with van der Waals surface area (Å²) in [6.07, 6.45) is 13.8. The van der Waals surface area contributed by atoms with Gasteiger partial charge >= 0.3 is 0 Å². The van der Waals surface area contributed by atoms with Crippen molar-refractivity contribution in [2.24, 2.45) is 29.4 Å². The number of amides is 1. The lowest BCUT2D eigenvalue weighted by molar-refractivity contribution is 0.0959. The van der Waals surface area contributed by atoms with Crippen molar-refractivity contribution in [3.8, 4) is 22.1 Å². The third kappa shape index (κ3) is 9.29. The normalized spacial score (nSPS) is 23.3. The first-order valence-electron chi connectivity index (χ1n) is 23.4. The highest BCUT2D eigenvalue weighted by Crippen LogP contribution is 2.61. The number of thiocarbonyl (C=S) groups is 1. The average molecular weight is 926 g/mol. The van der Waals surface area contributed by atoms with Crippen LogP contribution in [0.15, 0.2) is 146 Å². The Morgan fingerprint density at radius 2 is 1.12 bits per heavy atom. The molecule has 0 saturated heterocycles. The summed E-state index contributed by atoms with van der Waals surface area (Å²) in [5.74, 6) is 4.45. The van der Waals surface area contributed by atoms with Crippen molar-refractivity contribution in [2.45, 2.75) is 75.4 Å². The van der Waals surface area contributed by atoms with Crippen molar-refractivity contribution in [1.82, 2.24) is 25.5 Å². The van der Waals surface area contributed by atoms with Gasteiger partial charge in [0.15, 0.2) is 0 Å². The van der Waals surface area contributed by atoms with Gasteiger partial charge in [0.1, 0.15) is 29.7 Å². The highest BCUT2D eigenvalue weighted by molar-refractivity contribution is 7.80. The fraction of sp³-hybridized carbons (Fsp3) is 0.309. The van der Waals surface area contributed by atoms with Crippen LogP contribution in [-0.2, 0) is 24.0 Å². The maximum atomic E-state index is 12.4. The number of anilines is 1. The van der Waals surface area contributed by atoms with E-state index in [1.54, 1.807) is 12.4 Å². The summed E-state index contributed by atoms with van der Waals surface area (Å²) in [6.45, 7) is 1.14. The lowest BCUT2D eigenvalue weighted by Gasteiger charge is -2.39. The molecule has 11 rings (SSSR count). The summed E-state index contributed by atoms with van der Waals surface area (Å²) in [4.78, 5) is 21.4. The molecule has 0 radical (unpaired) electrons. The summed E-state index contributed by atoms with van der Waals surface area (Å²) >= 11 is 6.29. The number of hydrogen-bond acceptors (Lipinski definition) is 10. The Balaban J connectivity index is 0.000000157. The second-order valence-electron chi connectivity index (χ2n) is 18.6. The van der Waals surface area contributed by atoms with E-state index in [2.05, 4.69) is 110 Å². The summed E-state index contributed by atoms with van der Waals surface area (Å²) in [5, 5.41) is 12.3. The van der Waals surface area contributed by atoms with Crippen LogP contribution in [0.2, 0.25) is 0 Å². The van der Waals surface area contributed by atoms with E-state index in [9.17, 15) is 4.79 Å². The molecule has 5 N–H and O–H groups in total.